The summed E-state index contributed by atoms with van der Waals surface area (Å²) in [6.45, 7) is 6.90. The number of aromatic nitrogens is 3. The Balaban J connectivity index is 1.34. The summed E-state index contributed by atoms with van der Waals surface area (Å²) in [4.78, 5) is 78.5. The third-order valence-electron chi connectivity index (χ3n) is 13.2. The van der Waals surface area contributed by atoms with Gasteiger partial charge in [-0.15, -0.1) is 11.7 Å². The van der Waals surface area contributed by atoms with Gasteiger partial charge in [0.15, 0.2) is 0 Å². The first-order chi connectivity index (χ1) is 34.0. The van der Waals surface area contributed by atoms with E-state index in [9.17, 15) is 9.90 Å². The lowest BCUT2D eigenvalue weighted by atomic mass is 9.65. The fourth-order valence-electron chi connectivity index (χ4n) is 10.3. The zero-order valence-corrected chi connectivity index (χ0v) is 38.7. The number of benzene rings is 5. The van der Waals surface area contributed by atoms with Crippen LogP contribution in [0, 0.1) is 23.7 Å². The number of nitrogens with one attached hydrogen (secondary N) is 2. The summed E-state index contributed by atoms with van der Waals surface area (Å²) >= 11 is 0. The number of hydrogen-bond acceptors (Lipinski definition) is 12. The van der Waals surface area contributed by atoms with Gasteiger partial charge >= 0.3 is 18.0 Å². The van der Waals surface area contributed by atoms with Crippen molar-refractivity contribution in [3.8, 4) is 17.6 Å². The zero-order chi connectivity index (χ0) is 49.1. The van der Waals surface area contributed by atoms with Crippen LogP contribution in [0.25, 0.3) is 11.0 Å². The number of aliphatic hydroxyl groups is 1. The van der Waals surface area contributed by atoms with Gasteiger partial charge < -0.3 is 30.0 Å². The minimum absolute atomic E-state index is 0.0360. The van der Waals surface area contributed by atoms with E-state index in [-0.39, 0.29) is 43.3 Å². The van der Waals surface area contributed by atoms with Crippen molar-refractivity contribution in [1.29, 1.82) is 0 Å². The molecule has 4 heterocycles. The molecule has 16 nitrogen and oxygen atoms in total. The predicted octanol–water partition coefficient (Wildman–Crippen LogP) is 5.73. The topological polar surface area (TPSA) is 195 Å². The number of urea groups is 1. The standard InChI is InChI=1S/C54H51N7O9/c1-5-28-55-49(63)43-46-51(65)70-47(36-20-10-7-11-21-36)45(35-18-8-6-9-19-35)61(46)48(37-22-12-15-25-42(37)69-31-30-62)54(43)38-32-34(17-16-29-59-41-24-14-13-23-39(41)57-58-59)26-27-40(38)60(52(54)66)53(67)56-44(33(2)3)50(64)68-4/h5-15,18-27,32-33,43-48,62H,1,28-31H2,2-4H3,(H,55,63)(H,56,67)/t43-,44-,45-,46-,47+,48+,54-/m0/s1. The molecule has 0 saturated carbocycles. The number of anilines is 1. The molecule has 2 saturated heterocycles. The third-order valence-corrected chi connectivity index (χ3v) is 13.2. The molecule has 4 amide bonds. The van der Waals surface area contributed by atoms with E-state index in [1.807, 2.05) is 89.8 Å². The van der Waals surface area contributed by atoms with E-state index in [4.69, 9.17) is 14.2 Å². The SMILES string of the molecule is C=CCNC(=O)[C@@H]1[C@H]2C(=O)O[C@H](c3ccccc3)[C@H](c3ccccc3)N2[C@H](c2ccccc2OCCO)[C@@]12C(=O)N(C(=O)N[C@H](C(=O)OC)C(C)C)c1ccc(C#CCn3nnc4ccccc43)cc12. The van der Waals surface area contributed by atoms with Crippen molar-refractivity contribution in [1.82, 2.24) is 30.5 Å². The van der Waals surface area contributed by atoms with Gasteiger partial charge in [-0.2, -0.15) is 0 Å². The molecule has 3 aliphatic heterocycles. The quantitative estimate of drug-likeness (QED) is 0.0725. The van der Waals surface area contributed by atoms with Crippen LogP contribution >= 0.6 is 0 Å². The van der Waals surface area contributed by atoms with Crippen molar-refractivity contribution in [2.45, 2.75) is 56.1 Å². The minimum atomic E-state index is -2.16. The van der Waals surface area contributed by atoms with Crippen LogP contribution in [0.2, 0.25) is 0 Å². The van der Waals surface area contributed by atoms with E-state index >= 15 is 19.2 Å². The Morgan fingerprint density at radius 1 is 0.914 bits per heavy atom. The number of rotatable bonds is 13. The molecule has 1 aromatic heterocycles. The number of aliphatic hydroxyl groups excluding tert-OH is 1. The Kier molecular flexibility index (Phi) is 13.3. The van der Waals surface area contributed by atoms with Crippen LogP contribution in [-0.4, -0.2) is 93.7 Å². The second-order valence-corrected chi connectivity index (χ2v) is 17.5. The summed E-state index contributed by atoms with van der Waals surface area (Å²) in [5.74, 6) is 1.50. The van der Waals surface area contributed by atoms with E-state index in [0.29, 0.717) is 27.8 Å². The van der Waals surface area contributed by atoms with Crippen LogP contribution in [-0.2, 0) is 40.6 Å². The van der Waals surface area contributed by atoms with Crippen LogP contribution in [0.15, 0.2) is 140 Å². The molecule has 9 rings (SSSR count). The maximum Gasteiger partial charge on any atom is 0.329 e. The van der Waals surface area contributed by atoms with Crippen LogP contribution in [0.1, 0.15) is 59.9 Å². The van der Waals surface area contributed by atoms with Gasteiger partial charge in [0.2, 0.25) is 11.8 Å². The molecule has 356 valence electrons. The first-order valence-electron chi connectivity index (χ1n) is 23.0. The Labute approximate surface area is 404 Å². The number of imide groups is 1. The number of esters is 2. The molecule has 0 unspecified atom stereocenters. The maximum absolute atomic E-state index is 16.6. The summed E-state index contributed by atoms with van der Waals surface area (Å²) in [5.41, 5.74) is 1.76. The molecule has 3 aliphatic rings. The normalized spacial score (nSPS) is 21.8. The zero-order valence-electron chi connectivity index (χ0n) is 38.7. The van der Waals surface area contributed by atoms with E-state index in [1.54, 1.807) is 61.0 Å². The molecule has 5 aromatic carbocycles. The Morgan fingerprint density at radius 2 is 1.61 bits per heavy atom. The molecule has 7 atom stereocenters. The Morgan fingerprint density at radius 3 is 2.33 bits per heavy atom. The number of morpholine rings is 1. The first kappa shape index (κ1) is 47.0. The smallest absolute Gasteiger partial charge is 0.329 e. The molecule has 0 bridgehead atoms. The van der Waals surface area contributed by atoms with Gasteiger partial charge in [-0.3, -0.25) is 19.3 Å². The number of fused-ring (bicyclic) bond motifs is 4. The number of nitrogens with zero attached hydrogens (tertiary/aromatic N) is 5. The molecule has 70 heavy (non-hydrogen) atoms. The van der Waals surface area contributed by atoms with Gasteiger partial charge in [0.25, 0.3) is 0 Å². The van der Waals surface area contributed by atoms with Crippen LogP contribution < -0.4 is 20.3 Å². The maximum atomic E-state index is 16.6. The highest BCUT2D eigenvalue weighted by Gasteiger charge is 2.76. The second kappa shape index (κ2) is 19.8. The number of carbonyl (C=O) groups excluding carboxylic acids is 5. The monoisotopic (exact) mass is 941 g/mol. The minimum Gasteiger partial charge on any atom is -0.491 e. The van der Waals surface area contributed by atoms with Crippen molar-refractivity contribution < 1.29 is 43.3 Å². The Bertz CT molecular complexity index is 3040. The lowest BCUT2D eigenvalue weighted by Gasteiger charge is -2.46. The summed E-state index contributed by atoms with van der Waals surface area (Å²) in [6, 6.07) is 32.2. The highest BCUT2D eigenvalue weighted by atomic mass is 16.6. The summed E-state index contributed by atoms with van der Waals surface area (Å²) in [6.07, 6.45) is 0.513. The molecule has 0 radical (unpaired) electrons. The van der Waals surface area contributed by atoms with Gasteiger partial charge in [-0.25, -0.2) is 19.2 Å². The summed E-state index contributed by atoms with van der Waals surface area (Å²) < 4.78 is 19.6. The number of hydrogen-bond donors (Lipinski definition) is 3. The molecule has 16 heteroatoms. The van der Waals surface area contributed by atoms with Crippen LogP contribution in [0.5, 0.6) is 5.75 Å². The van der Waals surface area contributed by atoms with Crippen LogP contribution in [0.4, 0.5) is 10.5 Å². The van der Waals surface area contributed by atoms with Gasteiger partial charge in [0.1, 0.15) is 48.0 Å². The van der Waals surface area contributed by atoms with Crippen molar-refractivity contribution in [2.75, 3.05) is 31.8 Å². The second-order valence-electron chi connectivity index (χ2n) is 17.5. The van der Waals surface area contributed by atoms with Gasteiger partial charge in [-0.05, 0) is 59.0 Å². The molecular formula is C54H51N7O9. The van der Waals surface area contributed by atoms with E-state index in [0.717, 1.165) is 10.4 Å². The van der Waals surface area contributed by atoms with E-state index in [2.05, 4.69) is 39.4 Å². The number of ether oxygens (including phenoxy) is 3. The van der Waals surface area contributed by atoms with Crippen molar-refractivity contribution in [3.63, 3.8) is 0 Å². The molecule has 6 aromatic rings. The number of carbonyl (C=O) groups is 5. The highest BCUT2D eigenvalue weighted by molar-refractivity contribution is 6.25. The number of methoxy groups -OCH3 is 1. The molecule has 1 spiro atoms. The predicted molar refractivity (Wildman–Crippen MR) is 258 cm³/mol. The van der Waals surface area contributed by atoms with Gasteiger partial charge in [-0.1, -0.05) is 128 Å². The third kappa shape index (κ3) is 8.12. The van der Waals surface area contributed by atoms with Crippen LogP contribution in [0.3, 0.4) is 0 Å². The van der Waals surface area contributed by atoms with Crippen molar-refractivity contribution in [3.05, 3.63) is 168 Å². The lowest BCUT2D eigenvalue weighted by molar-refractivity contribution is -0.178. The van der Waals surface area contributed by atoms with E-state index in [1.165, 1.54) is 13.2 Å². The molecule has 2 fully saturated rings. The highest BCUT2D eigenvalue weighted by Crippen LogP contribution is 2.66. The summed E-state index contributed by atoms with van der Waals surface area (Å²) in [7, 11) is 1.20. The largest absolute Gasteiger partial charge is 0.491 e. The number of amides is 4. The van der Waals surface area contributed by atoms with E-state index < -0.39 is 77.3 Å². The van der Waals surface area contributed by atoms with Crippen molar-refractivity contribution >= 4 is 46.5 Å². The average molecular weight is 942 g/mol. The number of para-hydroxylation sites is 2. The fourth-order valence-corrected chi connectivity index (χ4v) is 10.3. The molecule has 3 N–H and O–H groups in total. The Hall–Kier alpha value is -8.13. The molecular weight excluding hydrogens is 891 g/mol. The number of cyclic esters (lactones) is 1. The fraction of sp³-hybridized carbons (Fsp3) is 0.278. The summed E-state index contributed by atoms with van der Waals surface area (Å²) in [5, 5.41) is 24.3. The average Bonchev–Trinajstić information content (AvgIpc) is 4.02. The first-order valence-corrected chi connectivity index (χ1v) is 23.0. The van der Waals surface area contributed by atoms with Gasteiger partial charge in [0, 0.05) is 17.7 Å². The van der Waals surface area contributed by atoms with Crippen molar-refractivity contribution in [2.24, 2.45) is 11.8 Å². The van der Waals surface area contributed by atoms with Gasteiger partial charge in [0.05, 0.1) is 42.9 Å². The lowest BCUT2D eigenvalue weighted by Crippen LogP contribution is -2.57. The molecule has 0 aliphatic carbocycles.